The van der Waals surface area contributed by atoms with E-state index in [1.807, 2.05) is 6.07 Å². The predicted molar refractivity (Wildman–Crippen MR) is 118 cm³/mol. The summed E-state index contributed by atoms with van der Waals surface area (Å²) >= 11 is 0. The van der Waals surface area contributed by atoms with Gasteiger partial charge in [0.2, 0.25) is 0 Å². The second kappa shape index (κ2) is 8.50. The van der Waals surface area contributed by atoms with E-state index in [1.165, 1.54) is 22.7 Å². The Morgan fingerprint density at radius 2 is 1.97 bits per heavy atom. The number of pyridine rings is 1. The fourth-order valence-electron chi connectivity index (χ4n) is 3.93. The lowest BCUT2D eigenvalue weighted by molar-refractivity contribution is -0.0221. The summed E-state index contributed by atoms with van der Waals surface area (Å²) < 4.78 is 28.4. The number of nitrogens with zero attached hydrogens (tertiary/aromatic N) is 4. The minimum Gasteiger partial charge on any atom is -0.478 e. The number of anilines is 2. The molecule has 0 aliphatic carbocycles. The molecule has 3 aromatic rings. The SMILES string of the molecule is C[C@@H](Nc1ccccc1C(=O)O)c1cc(C#N)cn2c(=O)cc(N3CCC(F)(F)CC3)nc12. The van der Waals surface area contributed by atoms with Crippen LogP contribution >= 0.6 is 0 Å². The summed E-state index contributed by atoms with van der Waals surface area (Å²) in [6.07, 6.45) is 0.733. The minimum absolute atomic E-state index is 0.0705. The number of halogens is 2. The summed E-state index contributed by atoms with van der Waals surface area (Å²) in [5.41, 5.74) is 0.993. The number of carbonyl (C=O) groups is 1. The van der Waals surface area contributed by atoms with Crippen LogP contribution in [0, 0.1) is 11.3 Å². The van der Waals surface area contributed by atoms with Crippen LogP contribution in [0.5, 0.6) is 0 Å². The zero-order chi connectivity index (χ0) is 23.8. The summed E-state index contributed by atoms with van der Waals surface area (Å²) in [4.78, 5) is 30.7. The molecule has 170 valence electrons. The molecule has 33 heavy (non-hydrogen) atoms. The topological polar surface area (TPSA) is 111 Å². The largest absolute Gasteiger partial charge is 0.478 e. The van der Waals surface area contributed by atoms with Gasteiger partial charge in [0.25, 0.3) is 11.5 Å². The molecule has 1 aromatic carbocycles. The van der Waals surface area contributed by atoms with Crippen molar-refractivity contribution in [3.63, 3.8) is 0 Å². The molecule has 0 radical (unpaired) electrons. The van der Waals surface area contributed by atoms with Crippen molar-refractivity contribution in [1.82, 2.24) is 9.38 Å². The molecule has 0 unspecified atom stereocenters. The molecule has 0 bridgehead atoms. The number of nitrogens with one attached hydrogen (secondary N) is 1. The lowest BCUT2D eigenvalue weighted by atomic mass is 10.1. The molecule has 4 rings (SSSR count). The molecule has 2 aromatic heterocycles. The highest BCUT2D eigenvalue weighted by Gasteiger charge is 2.34. The van der Waals surface area contributed by atoms with Gasteiger partial charge in [0.15, 0.2) is 0 Å². The first-order valence-corrected chi connectivity index (χ1v) is 10.4. The van der Waals surface area contributed by atoms with Crippen LogP contribution in [-0.2, 0) is 0 Å². The van der Waals surface area contributed by atoms with Crippen LogP contribution in [0.3, 0.4) is 0 Å². The monoisotopic (exact) mass is 453 g/mol. The molecule has 1 fully saturated rings. The molecule has 1 atom stereocenters. The molecule has 1 aliphatic heterocycles. The van der Waals surface area contributed by atoms with E-state index in [1.54, 1.807) is 36.1 Å². The first kappa shape index (κ1) is 22.2. The van der Waals surface area contributed by atoms with Crippen LogP contribution in [0.4, 0.5) is 20.3 Å². The van der Waals surface area contributed by atoms with Crippen LogP contribution in [0.1, 0.15) is 47.3 Å². The highest BCUT2D eigenvalue weighted by atomic mass is 19.3. The normalized spacial score (nSPS) is 16.2. The fourth-order valence-corrected chi connectivity index (χ4v) is 3.93. The summed E-state index contributed by atoms with van der Waals surface area (Å²) in [7, 11) is 0. The Morgan fingerprint density at radius 3 is 2.64 bits per heavy atom. The number of para-hydroxylation sites is 1. The average molecular weight is 453 g/mol. The smallest absolute Gasteiger partial charge is 0.337 e. The van der Waals surface area contributed by atoms with E-state index in [-0.39, 0.29) is 42.7 Å². The number of aromatic carboxylic acids is 1. The summed E-state index contributed by atoms with van der Waals surface area (Å²) in [5.74, 6) is -3.54. The molecule has 1 aliphatic rings. The van der Waals surface area contributed by atoms with Gasteiger partial charge in [-0.3, -0.25) is 9.20 Å². The van der Waals surface area contributed by atoms with Gasteiger partial charge in [-0.1, -0.05) is 12.1 Å². The number of carboxylic acid groups (broad SMARTS) is 1. The number of aromatic nitrogens is 2. The lowest BCUT2D eigenvalue weighted by Gasteiger charge is -2.32. The Hall–Kier alpha value is -4.00. The maximum absolute atomic E-state index is 13.6. The van der Waals surface area contributed by atoms with Gasteiger partial charge >= 0.3 is 5.97 Å². The second-order valence-corrected chi connectivity index (χ2v) is 8.00. The predicted octanol–water partition coefficient (Wildman–Crippen LogP) is 3.67. The van der Waals surface area contributed by atoms with Gasteiger partial charge in [0, 0.05) is 49.4 Å². The molecule has 8 nitrogen and oxygen atoms in total. The number of carboxylic acids is 1. The number of hydrogen-bond donors (Lipinski definition) is 2. The van der Waals surface area contributed by atoms with E-state index < -0.39 is 23.5 Å². The zero-order valence-electron chi connectivity index (χ0n) is 17.8. The highest BCUT2D eigenvalue weighted by molar-refractivity contribution is 5.94. The van der Waals surface area contributed by atoms with Gasteiger partial charge in [-0.25, -0.2) is 18.6 Å². The fraction of sp³-hybridized carbons (Fsp3) is 0.304. The van der Waals surface area contributed by atoms with Crippen LogP contribution in [0.25, 0.3) is 5.65 Å². The number of nitriles is 1. The van der Waals surface area contributed by atoms with Crippen LogP contribution < -0.4 is 15.8 Å². The lowest BCUT2D eigenvalue weighted by Crippen LogP contribution is -2.40. The Labute approximate surface area is 187 Å². The molecular weight excluding hydrogens is 432 g/mol. The highest BCUT2D eigenvalue weighted by Crippen LogP contribution is 2.30. The van der Waals surface area contributed by atoms with Crippen molar-refractivity contribution in [2.75, 3.05) is 23.3 Å². The van der Waals surface area contributed by atoms with Crippen molar-refractivity contribution in [1.29, 1.82) is 5.26 Å². The molecule has 3 heterocycles. The van der Waals surface area contributed by atoms with Gasteiger partial charge < -0.3 is 15.3 Å². The number of fused-ring (bicyclic) bond motifs is 1. The maximum Gasteiger partial charge on any atom is 0.337 e. The Morgan fingerprint density at radius 1 is 1.27 bits per heavy atom. The van der Waals surface area contributed by atoms with E-state index in [0.29, 0.717) is 17.1 Å². The molecule has 10 heteroatoms. The van der Waals surface area contributed by atoms with Crippen molar-refractivity contribution in [3.8, 4) is 6.07 Å². The van der Waals surface area contributed by atoms with E-state index >= 15 is 0 Å². The van der Waals surface area contributed by atoms with Crippen molar-refractivity contribution in [2.45, 2.75) is 31.7 Å². The molecule has 0 spiro atoms. The molecular formula is C23H21F2N5O3. The third-order valence-electron chi connectivity index (χ3n) is 5.72. The van der Waals surface area contributed by atoms with Crippen LogP contribution in [-0.4, -0.2) is 39.5 Å². The zero-order valence-corrected chi connectivity index (χ0v) is 17.8. The van der Waals surface area contributed by atoms with Crippen molar-refractivity contribution in [2.24, 2.45) is 0 Å². The van der Waals surface area contributed by atoms with Gasteiger partial charge in [0.05, 0.1) is 17.2 Å². The number of hydrogen-bond acceptors (Lipinski definition) is 6. The Balaban J connectivity index is 1.78. The van der Waals surface area contributed by atoms with Gasteiger partial charge in [-0.15, -0.1) is 0 Å². The van der Waals surface area contributed by atoms with E-state index in [4.69, 9.17) is 0 Å². The average Bonchev–Trinajstić information content (AvgIpc) is 2.78. The molecule has 2 N–H and O–H groups in total. The Kier molecular flexibility index (Phi) is 5.72. The maximum atomic E-state index is 13.6. The van der Waals surface area contributed by atoms with Crippen LogP contribution in [0.15, 0.2) is 47.4 Å². The first-order chi connectivity index (χ1) is 15.7. The summed E-state index contributed by atoms with van der Waals surface area (Å²) in [6, 6.07) is 10.7. The molecule has 0 amide bonds. The number of rotatable bonds is 5. The summed E-state index contributed by atoms with van der Waals surface area (Å²) in [5, 5.41) is 22.0. The molecule has 0 saturated carbocycles. The van der Waals surface area contributed by atoms with E-state index in [2.05, 4.69) is 10.3 Å². The minimum atomic E-state index is -2.73. The van der Waals surface area contributed by atoms with Gasteiger partial charge in [-0.2, -0.15) is 5.26 Å². The third-order valence-corrected chi connectivity index (χ3v) is 5.72. The van der Waals surface area contributed by atoms with Crippen LogP contribution in [0.2, 0.25) is 0 Å². The number of benzene rings is 1. The van der Waals surface area contributed by atoms with Crippen molar-refractivity contribution < 1.29 is 18.7 Å². The number of piperidine rings is 1. The van der Waals surface area contributed by atoms with Gasteiger partial charge in [0.1, 0.15) is 17.5 Å². The first-order valence-electron chi connectivity index (χ1n) is 10.4. The van der Waals surface area contributed by atoms with Crippen molar-refractivity contribution >= 4 is 23.1 Å². The summed E-state index contributed by atoms with van der Waals surface area (Å²) in [6.45, 7) is 1.90. The third kappa shape index (κ3) is 4.48. The number of alkyl halides is 2. The second-order valence-electron chi connectivity index (χ2n) is 8.00. The van der Waals surface area contributed by atoms with E-state index in [9.17, 15) is 28.7 Å². The van der Waals surface area contributed by atoms with E-state index in [0.717, 1.165) is 0 Å². The Bertz CT molecular complexity index is 1320. The quantitative estimate of drug-likeness (QED) is 0.606. The molecule has 1 saturated heterocycles. The van der Waals surface area contributed by atoms with Gasteiger partial charge in [-0.05, 0) is 25.1 Å². The standard InChI is InChI=1S/C23H21F2N5O3/c1-14(27-18-5-3-2-4-16(18)22(32)33)17-10-15(12-26)13-30-20(31)11-19(28-21(17)30)29-8-6-23(24,25)7-9-29/h2-5,10-11,13-14,27H,6-9H2,1H3,(H,32,33)/t14-/m1/s1. The van der Waals surface area contributed by atoms with Crippen molar-refractivity contribution in [3.05, 3.63) is 69.6 Å².